The van der Waals surface area contributed by atoms with E-state index in [1.807, 2.05) is 12.1 Å². The van der Waals surface area contributed by atoms with Gasteiger partial charge in [0.1, 0.15) is 0 Å². The van der Waals surface area contributed by atoms with Crippen LogP contribution in [0.4, 0.5) is 5.69 Å². The first-order chi connectivity index (χ1) is 9.18. The minimum Gasteiger partial charge on any atom is -0.398 e. The zero-order valence-electron chi connectivity index (χ0n) is 10.3. The molecule has 1 amide bonds. The highest BCUT2D eigenvalue weighted by molar-refractivity contribution is 9.10. The van der Waals surface area contributed by atoms with Crippen molar-refractivity contribution in [1.29, 1.82) is 0 Å². The fraction of sp³-hybridized carbons (Fsp3) is 0.143. The van der Waals surface area contributed by atoms with Gasteiger partial charge in [-0.1, -0.05) is 6.07 Å². The number of nitrogens with two attached hydrogens (primary N) is 1. The number of hydrogen-bond donors (Lipinski definition) is 2. The zero-order valence-corrected chi connectivity index (χ0v) is 11.9. The third-order valence-electron chi connectivity index (χ3n) is 2.72. The molecule has 2 rings (SSSR count). The molecular formula is C14H14BrN3O. The molecule has 0 atom stereocenters. The molecule has 0 fully saturated rings. The van der Waals surface area contributed by atoms with Crippen LogP contribution in [0.5, 0.6) is 0 Å². The van der Waals surface area contributed by atoms with Crippen molar-refractivity contribution in [3.8, 4) is 0 Å². The molecule has 1 heterocycles. The van der Waals surface area contributed by atoms with E-state index in [2.05, 4.69) is 26.2 Å². The van der Waals surface area contributed by atoms with Crippen molar-refractivity contribution >= 4 is 27.5 Å². The lowest BCUT2D eigenvalue weighted by Crippen LogP contribution is -2.26. The molecule has 2 aromatic rings. The summed E-state index contributed by atoms with van der Waals surface area (Å²) in [6.45, 7) is 0.573. The number of nitrogen functional groups attached to an aromatic ring is 1. The number of halogens is 1. The van der Waals surface area contributed by atoms with Crippen LogP contribution in [0.25, 0.3) is 0 Å². The van der Waals surface area contributed by atoms with Crippen LogP contribution in [0.2, 0.25) is 0 Å². The van der Waals surface area contributed by atoms with Gasteiger partial charge in [-0.2, -0.15) is 0 Å². The molecule has 1 aromatic heterocycles. The lowest BCUT2D eigenvalue weighted by atomic mass is 10.1. The molecule has 3 N–H and O–H groups in total. The van der Waals surface area contributed by atoms with E-state index in [4.69, 9.17) is 5.73 Å². The van der Waals surface area contributed by atoms with Crippen molar-refractivity contribution in [2.75, 3.05) is 12.3 Å². The van der Waals surface area contributed by atoms with Crippen molar-refractivity contribution < 1.29 is 4.79 Å². The van der Waals surface area contributed by atoms with Gasteiger partial charge in [-0.15, -0.1) is 0 Å². The number of carbonyl (C=O) groups excluding carboxylic acids is 1. The molecule has 1 aromatic carbocycles. The minimum absolute atomic E-state index is 0.131. The summed E-state index contributed by atoms with van der Waals surface area (Å²) in [5.41, 5.74) is 7.99. The molecule has 0 radical (unpaired) electrons. The second-order valence-corrected chi connectivity index (χ2v) is 4.86. The summed E-state index contributed by atoms with van der Waals surface area (Å²) >= 11 is 3.32. The van der Waals surface area contributed by atoms with Gasteiger partial charge >= 0.3 is 0 Å². The fourth-order valence-electron chi connectivity index (χ4n) is 1.69. The SMILES string of the molecule is Nc1cccc(C(=O)NCCc2ccncc2)c1Br. The molecule has 0 aliphatic rings. The predicted octanol–water partition coefficient (Wildman–Crippen LogP) is 2.40. The predicted molar refractivity (Wildman–Crippen MR) is 78.8 cm³/mol. The summed E-state index contributed by atoms with van der Waals surface area (Å²) in [6, 6.07) is 9.11. The minimum atomic E-state index is -0.131. The van der Waals surface area contributed by atoms with Gasteiger partial charge < -0.3 is 11.1 Å². The summed E-state index contributed by atoms with van der Waals surface area (Å²) in [5.74, 6) is -0.131. The summed E-state index contributed by atoms with van der Waals surface area (Å²) in [7, 11) is 0. The zero-order chi connectivity index (χ0) is 13.7. The third kappa shape index (κ3) is 3.54. The first-order valence-corrected chi connectivity index (χ1v) is 6.69. The van der Waals surface area contributed by atoms with Crippen molar-refractivity contribution in [1.82, 2.24) is 10.3 Å². The Bertz CT molecular complexity index is 572. The van der Waals surface area contributed by atoms with E-state index in [1.54, 1.807) is 30.6 Å². The Morgan fingerprint density at radius 2 is 2.00 bits per heavy atom. The molecule has 0 aliphatic heterocycles. The number of amides is 1. The number of nitrogens with zero attached hydrogens (tertiary/aromatic N) is 1. The van der Waals surface area contributed by atoms with Crippen LogP contribution < -0.4 is 11.1 Å². The largest absolute Gasteiger partial charge is 0.398 e. The molecule has 0 spiro atoms. The normalized spacial score (nSPS) is 10.2. The van der Waals surface area contributed by atoms with Crippen LogP contribution in [-0.4, -0.2) is 17.4 Å². The van der Waals surface area contributed by atoms with Crippen molar-refractivity contribution in [3.63, 3.8) is 0 Å². The Balaban J connectivity index is 1.93. The highest BCUT2D eigenvalue weighted by Gasteiger charge is 2.10. The van der Waals surface area contributed by atoms with Crippen LogP contribution >= 0.6 is 15.9 Å². The summed E-state index contributed by atoms with van der Waals surface area (Å²) in [6.07, 6.45) is 4.26. The van der Waals surface area contributed by atoms with Gasteiger partial charge in [-0.3, -0.25) is 9.78 Å². The maximum absolute atomic E-state index is 12.0. The number of benzene rings is 1. The maximum Gasteiger partial charge on any atom is 0.252 e. The van der Waals surface area contributed by atoms with Gasteiger partial charge in [0.15, 0.2) is 0 Å². The molecule has 0 unspecified atom stereocenters. The Labute approximate surface area is 120 Å². The van der Waals surface area contributed by atoms with Gasteiger partial charge in [0.2, 0.25) is 0 Å². The number of rotatable bonds is 4. The monoisotopic (exact) mass is 319 g/mol. The molecular weight excluding hydrogens is 306 g/mol. The van der Waals surface area contributed by atoms with Crippen LogP contribution in [0, 0.1) is 0 Å². The second kappa shape index (κ2) is 6.33. The van der Waals surface area contributed by atoms with Gasteiger partial charge in [0, 0.05) is 24.6 Å². The Morgan fingerprint density at radius 3 is 2.74 bits per heavy atom. The number of hydrogen-bond acceptors (Lipinski definition) is 3. The summed E-state index contributed by atoms with van der Waals surface area (Å²) in [4.78, 5) is 15.9. The van der Waals surface area contributed by atoms with Crippen LogP contribution in [-0.2, 0) is 6.42 Å². The smallest absolute Gasteiger partial charge is 0.252 e. The molecule has 0 saturated heterocycles. The van der Waals surface area contributed by atoms with E-state index in [1.165, 1.54) is 0 Å². The topological polar surface area (TPSA) is 68.0 Å². The number of pyridine rings is 1. The summed E-state index contributed by atoms with van der Waals surface area (Å²) < 4.78 is 0.636. The first-order valence-electron chi connectivity index (χ1n) is 5.89. The van der Waals surface area contributed by atoms with Gasteiger partial charge in [0.25, 0.3) is 5.91 Å². The Hall–Kier alpha value is -1.88. The molecule has 4 nitrogen and oxygen atoms in total. The van der Waals surface area contributed by atoms with E-state index in [-0.39, 0.29) is 5.91 Å². The van der Waals surface area contributed by atoms with E-state index in [9.17, 15) is 4.79 Å². The number of carbonyl (C=O) groups is 1. The highest BCUT2D eigenvalue weighted by atomic mass is 79.9. The van der Waals surface area contributed by atoms with Crippen molar-refractivity contribution in [3.05, 3.63) is 58.3 Å². The third-order valence-corrected chi connectivity index (χ3v) is 3.61. The lowest BCUT2D eigenvalue weighted by Gasteiger charge is -2.08. The van der Waals surface area contributed by atoms with Crippen LogP contribution in [0.1, 0.15) is 15.9 Å². The van der Waals surface area contributed by atoms with E-state index in [0.29, 0.717) is 22.3 Å². The molecule has 5 heteroatoms. The Morgan fingerprint density at radius 1 is 1.26 bits per heavy atom. The number of aromatic nitrogens is 1. The first kappa shape index (κ1) is 13.5. The molecule has 0 aliphatic carbocycles. The molecule has 98 valence electrons. The van der Waals surface area contributed by atoms with Crippen molar-refractivity contribution in [2.45, 2.75) is 6.42 Å². The quantitative estimate of drug-likeness (QED) is 0.850. The van der Waals surface area contributed by atoms with E-state index in [0.717, 1.165) is 12.0 Å². The number of nitrogens with one attached hydrogen (secondary N) is 1. The van der Waals surface area contributed by atoms with Crippen molar-refractivity contribution in [2.24, 2.45) is 0 Å². The van der Waals surface area contributed by atoms with Gasteiger partial charge in [-0.05, 0) is 52.2 Å². The second-order valence-electron chi connectivity index (χ2n) is 4.07. The summed E-state index contributed by atoms with van der Waals surface area (Å²) in [5, 5.41) is 2.87. The highest BCUT2D eigenvalue weighted by Crippen LogP contribution is 2.23. The average molecular weight is 320 g/mol. The lowest BCUT2D eigenvalue weighted by molar-refractivity contribution is 0.0953. The van der Waals surface area contributed by atoms with Crippen LogP contribution in [0.15, 0.2) is 47.2 Å². The standard InChI is InChI=1S/C14H14BrN3O/c15-13-11(2-1-3-12(13)16)14(19)18-9-6-10-4-7-17-8-5-10/h1-5,7-8H,6,9,16H2,(H,18,19). The van der Waals surface area contributed by atoms with Crippen LogP contribution in [0.3, 0.4) is 0 Å². The van der Waals surface area contributed by atoms with E-state index >= 15 is 0 Å². The molecule has 0 bridgehead atoms. The molecule has 0 saturated carbocycles. The molecule has 19 heavy (non-hydrogen) atoms. The van der Waals surface area contributed by atoms with E-state index < -0.39 is 0 Å². The fourth-order valence-corrected chi connectivity index (χ4v) is 2.13. The Kier molecular flexibility index (Phi) is 4.52. The van der Waals surface area contributed by atoms with Gasteiger partial charge in [-0.25, -0.2) is 0 Å². The van der Waals surface area contributed by atoms with Gasteiger partial charge in [0.05, 0.1) is 10.0 Å². The number of anilines is 1. The average Bonchev–Trinajstić information content (AvgIpc) is 2.43. The maximum atomic E-state index is 12.0.